The van der Waals surface area contributed by atoms with Gasteiger partial charge in [-0.1, -0.05) is 17.8 Å². The van der Waals surface area contributed by atoms with Crippen molar-refractivity contribution in [2.75, 3.05) is 0 Å². The topological polar surface area (TPSA) is 117 Å². The molecule has 0 bridgehead atoms. The van der Waals surface area contributed by atoms with Crippen molar-refractivity contribution in [3.63, 3.8) is 0 Å². The van der Waals surface area contributed by atoms with Crippen molar-refractivity contribution in [3.05, 3.63) is 44.4 Å². The number of rotatable bonds is 4. The Morgan fingerprint density at radius 2 is 2.29 bits per heavy atom. The Morgan fingerprint density at radius 1 is 1.57 bits per heavy atom. The van der Waals surface area contributed by atoms with E-state index in [0.717, 1.165) is 23.1 Å². The van der Waals surface area contributed by atoms with Crippen LogP contribution in [0.15, 0.2) is 27.4 Å². The van der Waals surface area contributed by atoms with Crippen molar-refractivity contribution in [2.24, 2.45) is 0 Å². The number of carbonyl (C=O) groups is 1. The average molecular weight is 321 g/mol. The number of nitro groups is 1. The fourth-order valence-corrected chi connectivity index (χ4v) is 3.71. The van der Waals surface area contributed by atoms with Gasteiger partial charge in [0.1, 0.15) is 16.5 Å². The van der Waals surface area contributed by atoms with Crippen LogP contribution >= 0.6 is 23.1 Å². The van der Waals surface area contributed by atoms with Gasteiger partial charge in [-0.15, -0.1) is 11.3 Å². The number of nitro benzene ring substituents is 1. The summed E-state index contributed by atoms with van der Waals surface area (Å²) in [6.07, 6.45) is 0. The molecule has 0 aliphatic carbocycles. The molecule has 7 nitrogen and oxygen atoms in total. The fourth-order valence-electron chi connectivity index (χ4n) is 1.59. The molecule has 0 aliphatic rings. The lowest BCUT2D eigenvalue weighted by Gasteiger charge is -2.01. The average Bonchev–Trinajstić information content (AvgIpc) is 2.79. The van der Waals surface area contributed by atoms with Gasteiger partial charge in [-0.05, 0) is 19.1 Å². The van der Waals surface area contributed by atoms with E-state index in [1.807, 2.05) is 0 Å². The molecule has 1 aromatic heterocycles. The number of aryl methyl sites for hydroxylation is 1. The summed E-state index contributed by atoms with van der Waals surface area (Å²) < 4.78 is 0.378. The van der Waals surface area contributed by atoms with E-state index in [1.165, 1.54) is 18.2 Å². The summed E-state index contributed by atoms with van der Waals surface area (Å²) >= 11 is 1.92. The van der Waals surface area contributed by atoms with Gasteiger partial charge in [0.2, 0.25) is 0 Å². The highest BCUT2D eigenvalue weighted by Crippen LogP contribution is 2.39. The molecule has 0 saturated heterocycles. The molecule has 0 saturated carbocycles. The Hall–Kier alpha value is -2.44. The van der Waals surface area contributed by atoms with Crippen LogP contribution in [0.1, 0.15) is 20.9 Å². The minimum Gasteiger partial charge on any atom is -0.477 e. The lowest BCUT2D eigenvalue weighted by molar-refractivity contribution is -0.388. The van der Waals surface area contributed by atoms with Crippen LogP contribution in [0.4, 0.5) is 5.69 Å². The molecular weight excluding hydrogens is 314 g/mol. The number of benzene rings is 1. The van der Waals surface area contributed by atoms with E-state index in [0.29, 0.717) is 10.0 Å². The molecule has 2 aromatic rings. The molecule has 0 radical (unpaired) electrons. The summed E-state index contributed by atoms with van der Waals surface area (Å²) in [6.45, 7) is 1.56. The minimum absolute atomic E-state index is 0.0447. The number of aromatic nitrogens is 1. The maximum Gasteiger partial charge on any atom is 0.347 e. The summed E-state index contributed by atoms with van der Waals surface area (Å²) in [5, 5.41) is 29.0. The number of nitriles is 1. The quantitative estimate of drug-likeness (QED) is 0.679. The van der Waals surface area contributed by atoms with Crippen LogP contribution in [0.3, 0.4) is 0 Å². The van der Waals surface area contributed by atoms with Crippen LogP contribution in [0, 0.1) is 28.4 Å². The minimum atomic E-state index is -1.09. The Kier molecular flexibility index (Phi) is 4.21. The Bertz CT molecular complexity index is 779. The SMILES string of the molecule is Cc1nc(Sc2cccc(C#N)c2[N+](=O)[O-])sc1C(=O)O. The third-order valence-electron chi connectivity index (χ3n) is 2.47. The van der Waals surface area contributed by atoms with Gasteiger partial charge < -0.3 is 5.11 Å². The number of hydrogen-bond donors (Lipinski definition) is 1. The van der Waals surface area contributed by atoms with Gasteiger partial charge >= 0.3 is 11.7 Å². The maximum atomic E-state index is 11.1. The van der Waals surface area contributed by atoms with Crippen molar-refractivity contribution < 1.29 is 14.8 Å². The van der Waals surface area contributed by atoms with E-state index in [9.17, 15) is 14.9 Å². The predicted octanol–water partition coefficient (Wildman–Crippen LogP) is 3.08. The zero-order chi connectivity index (χ0) is 15.6. The van der Waals surface area contributed by atoms with Gasteiger partial charge in [-0.3, -0.25) is 10.1 Å². The van der Waals surface area contributed by atoms with Crippen LogP contribution in [-0.4, -0.2) is 21.0 Å². The van der Waals surface area contributed by atoms with E-state index in [-0.39, 0.29) is 21.0 Å². The third kappa shape index (κ3) is 3.01. The summed E-state index contributed by atoms with van der Waals surface area (Å²) in [6, 6.07) is 6.17. The largest absolute Gasteiger partial charge is 0.477 e. The normalized spacial score (nSPS) is 10.1. The van der Waals surface area contributed by atoms with E-state index < -0.39 is 10.9 Å². The molecule has 1 N–H and O–H groups in total. The zero-order valence-electron chi connectivity index (χ0n) is 10.6. The molecule has 0 fully saturated rings. The maximum absolute atomic E-state index is 11.1. The van der Waals surface area contributed by atoms with Crippen molar-refractivity contribution in [3.8, 4) is 6.07 Å². The van der Waals surface area contributed by atoms with Crippen molar-refractivity contribution in [1.82, 2.24) is 4.98 Å². The molecule has 0 atom stereocenters. The molecule has 0 amide bonds. The Labute approximate surface area is 127 Å². The Balaban J connectivity index is 2.45. The van der Waals surface area contributed by atoms with Gasteiger partial charge in [-0.25, -0.2) is 9.78 Å². The van der Waals surface area contributed by atoms with Gasteiger partial charge in [0.05, 0.1) is 15.5 Å². The number of carboxylic acids is 1. The van der Waals surface area contributed by atoms with Crippen molar-refractivity contribution in [2.45, 2.75) is 16.2 Å². The summed E-state index contributed by atoms with van der Waals surface area (Å²) in [5.74, 6) is -1.09. The Morgan fingerprint density at radius 3 is 2.81 bits per heavy atom. The van der Waals surface area contributed by atoms with E-state index >= 15 is 0 Å². The molecule has 9 heteroatoms. The molecule has 0 spiro atoms. The molecule has 0 aliphatic heterocycles. The fraction of sp³-hybridized carbons (Fsp3) is 0.0833. The molecule has 2 rings (SSSR count). The van der Waals surface area contributed by atoms with E-state index in [2.05, 4.69) is 4.98 Å². The smallest absolute Gasteiger partial charge is 0.347 e. The standard InChI is InChI=1S/C12H7N3O4S2/c1-6-10(11(16)17)21-12(14-6)20-8-4-2-3-7(5-13)9(8)15(18)19/h2-4H,1H3,(H,16,17). The van der Waals surface area contributed by atoms with Gasteiger partial charge in [0, 0.05) is 0 Å². The number of hydrogen-bond acceptors (Lipinski definition) is 7. The molecule has 106 valence electrons. The highest BCUT2D eigenvalue weighted by atomic mass is 32.2. The van der Waals surface area contributed by atoms with Crippen LogP contribution in [0.5, 0.6) is 0 Å². The first-order valence-electron chi connectivity index (χ1n) is 5.50. The van der Waals surface area contributed by atoms with Gasteiger partial charge in [-0.2, -0.15) is 5.26 Å². The van der Waals surface area contributed by atoms with E-state index in [1.54, 1.807) is 13.0 Å². The van der Waals surface area contributed by atoms with Crippen LogP contribution < -0.4 is 0 Å². The zero-order valence-corrected chi connectivity index (χ0v) is 12.2. The van der Waals surface area contributed by atoms with Crippen LogP contribution in [-0.2, 0) is 0 Å². The number of carboxylic acid groups (broad SMARTS) is 1. The highest BCUT2D eigenvalue weighted by molar-refractivity contribution is 8.01. The van der Waals surface area contributed by atoms with Gasteiger partial charge in [0.15, 0.2) is 4.34 Å². The first kappa shape index (κ1) is 15.0. The second-order valence-electron chi connectivity index (χ2n) is 3.82. The second-order valence-corrected chi connectivity index (χ2v) is 6.11. The van der Waals surface area contributed by atoms with Gasteiger partial charge in [0.25, 0.3) is 0 Å². The molecule has 1 heterocycles. The predicted molar refractivity (Wildman–Crippen MR) is 75.7 cm³/mol. The lowest BCUT2D eigenvalue weighted by atomic mass is 10.2. The number of thiazole rings is 1. The monoisotopic (exact) mass is 321 g/mol. The number of aromatic carboxylic acids is 1. The summed E-state index contributed by atoms with van der Waals surface area (Å²) in [4.78, 5) is 25.9. The summed E-state index contributed by atoms with van der Waals surface area (Å²) in [7, 11) is 0. The summed E-state index contributed by atoms with van der Waals surface area (Å²) in [5.41, 5.74) is 0.0144. The number of nitrogens with zero attached hydrogens (tertiary/aromatic N) is 3. The van der Waals surface area contributed by atoms with Crippen LogP contribution in [0.2, 0.25) is 0 Å². The number of para-hydroxylation sites is 1. The lowest BCUT2D eigenvalue weighted by Crippen LogP contribution is -1.94. The highest BCUT2D eigenvalue weighted by Gasteiger charge is 2.22. The molecule has 21 heavy (non-hydrogen) atoms. The first-order valence-corrected chi connectivity index (χ1v) is 7.13. The van der Waals surface area contributed by atoms with Crippen molar-refractivity contribution >= 4 is 34.8 Å². The second kappa shape index (κ2) is 5.90. The first-order chi connectivity index (χ1) is 9.93. The van der Waals surface area contributed by atoms with Crippen LogP contribution in [0.25, 0.3) is 0 Å². The van der Waals surface area contributed by atoms with E-state index in [4.69, 9.17) is 10.4 Å². The molecule has 1 aromatic carbocycles. The van der Waals surface area contributed by atoms with Crippen molar-refractivity contribution in [1.29, 1.82) is 5.26 Å². The molecule has 0 unspecified atom stereocenters. The third-order valence-corrected chi connectivity index (χ3v) is 4.73. The molecular formula is C12H7N3O4S2.